The van der Waals surface area contributed by atoms with Crippen LogP contribution in [0.1, 0.15) is 33.4 Å². The summed E-state index contributed by atoms with van der Waals surface area (Å²) in [5, 5.41) is 0. The van der Waals surface area contributed by atoms with Crippen LogP contribution in [0.15, 0.2) is 59.5 Å². The molecular weight excluding hydrogens is 352 g/mol. The lowest BCUT2D eigenvalue weighted by atomic mass is 9.95. The van der Waals surface area contributed by atoms with Crippen molar-refractivity contribution in [2.45, 2.75) is 27.7 Å². The van der Waals surface area contributed by atoms with Crippen LogP contribution in [0.3, 0.4) is 0 Å². The molecule has 1 aliphatic rings. The topological polar surface area (TPSA) is 58.0 Å². The van der Waals surface area contributed by atoms with E-state index < -0.39 is 0 Å². The largest absolute Gasteiger partial charge is 0.450 e. The molecule has 0 N–H and O–H groups in total. The predicted molar refractivity (Wildman–Crippen MR) is 114 cm³/mol. The van der Waals surface area contributed by atoms with Crippen molar-refractivity contribution < 1.29 is 9.53 Å². The smallest absolute Gasteiger partial charge is 0.409 e. The molecule has 2 rings (SSSR count). The summed E-state index contributed by atoms with van der Waals surface area (Å²) >= 11 is 0. The maximum Gasteiger partial charge on any atom is 0.409 e. The molecule has 1 aliphatic heterocycles. The number of carbonyl (C=O) groups is 1. The van der Waals surface area contributed by atoms with E-state index in [0.717, 1.165) is 41.3 Å². The lowest BCUT2D eigenvalue weighted by Gasteiger charge is -2.37. The van der Waals surface area contributed by atoms with E-state index in [2.05, 4.69) is 34.5 Å². The van der Waals surface area contributed by atoms with Gasteiger partial charge in [0.05, 0.1) is 12.3 Å². The van der Waals surface area contributed by atoms with Gasteiger partial charge in [0, 0.05) is 61.1 Å². The van der Waals surface area contributed by atoms with Crippen LogP contribution in [0, 0.1) is 0 Å². The number of aromatic nitrogens is 1. The molecule has 1 amide bonds. The average molecular weight is 383 g/mol. The first-order valence-electron chi connectivity index (χ1n) is 9.64. The zero-order chi connectivity index (χ0) is 20.5. The van der Waals surface area contributed by atoms with Gasteiger partial charge in [-0.15, -0.1) is 0 Å². The second kappa shape index (κ2) is 10.4. The normalized spacial score (nSPS) is 16.6. The number of rotatable bonds is 6. The van der Waals surface area contributed by atoms with Gasteiger partial charge in [-0.25, -0.2) is 4.79 Å². The highest BCUT2D eigenvalue weighted by molar-refractivity contribution is 6.12. The highest BCUT2D eigenvalue weighted by atomic mass is 16.6. The fourth-order valence-electron chi connectivity index (χ4n) is 3.39. The number of amides is 1. The van der Waals surface area contributed by atoms with Gasteiger partial charge in [0.2, 0.25) is 0 Å². The Kier molecular flexibility index (Phi) is 7.99. The van der Waals surface area contributed by atoms with Gasteiger partial charge in [0.25, 0.3) is 0 Å². The van der Waals surface area contributed by atoms with Crippen LogP contribution in [-0.4, -0.2) is 59.4 Å². The number of pyridine rings is 1. The van der Waals surface area contributed by atoms with Gasteiger partial charge in [-0.1, -0.05) is 18.7 Å². The predicted octanol–water partition coefficient (Wildman–Crippen LogP) is 4.14. The maximum absolute atomic E-state index is 12.0. The average Bonchev–Trinajstić information content (AvgIpc) is 2.72. The Morgan fingerprint density at radius 1 is 1.25 bits per heavy atom. The molecule has 0 aliphatic carbocycles. The number of aliphatic imine (C=N–C) groups is 1. The summed E-state index contributed by atoms with van der Waals surface area (Å²) in [5.41, 5.74) is 4.99. The number of nitrogens with zero attached hydrogens (tertiary/aromatic N) is 4. The Hall–Kier alpha value is -2.89. The number of hydrogen-bond donors (Lipinski definition) is 0. The van der Waals surface area contributed by atoms with Crippen LogP contribution in [0.4, 0.5) is 4.79 Å². The molecule has 1 aromatic heterocycles. The Balaban J connectivity index is 2.35. The summed E-state index contributed by atoms with van der Waals surface area (Å²) in [4.78, 5) is 25.0. The second-order valence-corrected chi connectivity index (χ2v) is 6.45. The SMILES string of the molecule is C=C\N=C(C)/C(C(=C\C)/c1ccccn1)=C(\C)N1CCN(C(=O)OCC)CC1. The minimum atomic E-state index is -0.240. The van der Waals surface area contributed by atoms with Crippen LogP contribution < -0.4 is 0 Å². The molecule has 6 heteroatoms. The van der Waals surface area contributed by atoms with E-state index in [9.17, 15) is 4.79 Å². The molecule has 6 nitrogen and oxygen atoms in total. The van der Waals surface area contributed by atoms with Crippen molar-refractivity contribution in [1.29, 1.82) is 0 Å². The first-order valence-corrected chi connectivity index (χ1v) is 9.64. The Labute approximate surface area is 167 Å². The molecule has 0 unspecified atom stereocenters. The van der Waals surface area contributed by atoms with Crippen LogP contribution in [0.25, 0.3) is 5.57 Å². The van der Waals surface area contributed by atoms with Gasteiger partial charge in [0.15, 0.2) is 0 Å². The Morgan fingerprint density at radius 2 is 1.93 bits per heavy atom. The lowest BCUT2D eigenvalue weighted by Crippen LogP contribution is -2.48. The van der Waals surface area contributed by atoms with Gasteiger partial charge in [-0.05, 0) is 39.8 Å². The van der Waals surface area contributed by atoms with Crippen LogP contribution >= 0.6 is 0 Å². The third-order valence-electron chi connectivity index (χ3n) is 4.79. The molecule has 1 saturated heterocycles. The minimum Gasteiger partial charge on any atom is -0.450 e. The molecule has 150 valence electrons. The molecule has 0 saturated carbocycles. The van der Waals surface area contributed by atoms with Crippen LogP contribution in [-0.2, 0) is 4.74 Å². The number of ether oxygens (including phenoxy) is 1. The van der Waals surface area contributed by atoms with E-state index in [1.165, 1.54) is 0 Å². The van der Waals surface area contributed by atoms with Crippen molar-refractivity contribution in [3.8, 4) is 0 Å². The van der Waals surface area contributed by atoms with Gasteiger partial charge < -0.3 is 14.5 Å². The van der Waals surface area contributed by atoms with Gasteiger partial charge in [-0.3, -0.25) is 9.98 Å². The molecule has 0 spiro atoms. The Bertz CT molecular complexity index is 773. The van der Waals surface area contributed by atoms with E-state index in [1.807, 2.05) is 39.0 Å². The van der Waals surface area contributed by atoms with Crippen LogP contribution in [0.5, 0.6) is 0 Å². The highest BCUT2D eigenvalue weighted by Gasteiger charge is 2.25. The van der Waals surface area contributed by atoms with E-state index in [-0.39, 0.29) is 6.09 Å². The van der Waals surface area contributed by atoms with Crippen molar-refractivity contribution >= 4 is 17.4 Å². The Morgan fingerprint density at radius 3 is 2.46 bits per heavy atom. The first kappa shape index (κ1) is 21.4. The van der Waals surface area contributed by atoms with E-state index in [1.54, 1.807) is 17.3 Å². The van der Waals surface area contributed by atoms with Gasteiger partial charge in [0.1, 0.15) is 0 Å². The summed E-state index contributed by atoms with van der Waals surface area (Å²) in [6.45, 7) is 14.8. The van der Waals surface area contributed by atoms with Crippen molar-refractivity contribution in [3.05, 3.63) is 60.2 Å². The number of piperazine rings is 1. The number of allylic oxidation sites excluding steroid dienone is 4. The zero-order valence-electron chi connectivity index (χ0n) is 17.3. The monoisotopic (exact) mass is 382 g/mol. The van der Waals surface area contributed by atoms with Gasteiger partial charge in [-0.2, -0.15) is 0 Å². The quantitative estimate of drug-likeness (QED) is 0.548. The maximum atomic E-state index is 12.0. The first-order chi connectivity index (χ1) is 13.5. The molecule has 28 heavy (non-hydrogen) atoms. The van der Waals surface area contributed by atoms with E-state index in [0.29, 0.717) is 19.7 Å². The molecule has 0 atom stereocenters. The summed E-state index contributed by atoms with van der Waals surface area (Å²) in [6, 6.07) is 5.89. The zero-order valence-corrected chi connectivity index (χ0v) is 17.3. The lowest BCUT2D eigenvalue weighted by molar-refractivity contribution is 0.0868. The fourth-order valence-corrected chi connectivity index (χ4v) is 3.39. The minimum absolute atomic E-state index is 0.240. The molecular formula is C22H30N4O2. The molecule has 0 bridgehead atoms. The summed E-state index contributed by atoms with van der Waals surface area (Å²) in [6.07, 6.45) is 5.19. The highest BCUT2D eigenvalue weighted by Crippen LogP contribution is 2.28. The standard InChI is InChI=1S/C22H30N4O2/c1-6-19(20-11-9-10-12-24-20)21(17(4)23-7-2)18(5)25-13-15-26(16-14-25)22(27)28-8-3/h6-7,9-12H,2,8,13-16H2,1,3-5H3/b19-6-,21-18-,23-17-. The van der Waals surface area contributed by atoms with E-state index in [4.69, 9.17) is 4.74 Å². The van der Waals surface area contributed by atoms with Crippen molar-refractivity contribution in [2.75, 3.05) is 32.8 Å². The molecule has 0 radical (unpaired) electrons. The second-order valence-electron chi connectivity index (χ2n) is 6.45. The molecule has 1 aromatic rings. The summed E-state index contributed by atoms with van der Waals surface area (Å²) in [7, 11) is 0. The molecule has 1 fully saturated rings. The third kappa shape index (κ3) is 5.09. The van der Waals surface area contributed by atoms with Crippen molar-refractivity contribution in [1.82, 2.24) is 14.8 Å². The fraction of sp³-hybridized carbons (Fsp3) is 0.409. The third-order valence-corrected chi connectivity index (χ3v) is 4.79. The number of hydrogen-bond acceptors (Lipinski definition) is 5. The van der Waals surface area contributed by atoms with E-state index >= 15 is 0 Å². The summed E-state index contributed by atoms with van der Waals surface area (Å²) < 4.78 is 5.12. The molecule has 0 aromatic carbocycles. The van der Waals surface area contributed by atoms with Gasteiger partial charge >= 0.3 is 6.09 Å². The van der Waals surface area contributed by atoms with Crippen molar-refractivity contribution in [3.63, 3.8) is 0 Å². The molecule has 2 heterocycles. The van der Waals surface area contributed by atoms with Crippen molar-refractivity contribution in [2.24, 2.45) is 4.99 Å². The summed E-state index contributed by atoms with van der Waals surface area (Å²) in [5.74, 6) is 0. The number of carbonyl (C=O) groups excluding carboxylic acids is 1. The van der Waals surface area contributed by atoms with Crippen LogP contribution in [0.2, 0.25) is 0 Å².